The normalized spacial score (nSPS) is 16.3. The Morgan fingerprint density at radius 1 is 1.00 bits per heavy atom. The molecule has 1 saturated heterocycles. The van der Waals surface area contributed by atoms with Gasteiger partial charge in [0, 0.05) is 37.3 Å². The molecule has 188 valence electrons. The zero-order chi connectivity index (χ0) is 25.8. The maximum Gasteiger partial charge on any atom is 0.416 e. The fourth-order valence-electron chi connectivity index (χ4n) is 4.83. The van der Waals surface area contributed by atoms with Gasteiger partial charge in [-0.15, -0.1) is 0 Å². The number of carbonyl (C=O) groups is 1. The third kappa shape index (κ3) is 5.61. The summed E-state index contributed by atoms with van der Waals surface area (Å²) in [7, 11) is 0. The van der Waals surface area contributed by atoms with E-state index in [0.29, 0.717) is 37.2 Å². The largest absolute Gasteiger partial charge is 0.416 e. The molecule has 1 amide bonds. The van der Waals surface area contributed by atoms with Crippen LogP contribution in [0, 0.1) is 5.92 Å². The van der Waals surface area contributed by atoms with Gasteiger partial charge in [0.1, 0.15) is 5.54 Å². The molecule has 0 saturated carbocycles. The van der Waals surface area contributed by atoms with Crippen molar-refractivity contribution in [2.45, 2.75) is 37.9 Å². The van der Waals surface area contributed by atoms with Crippen molar-refractivity contribution in [3.05, 3.63) is 114 Å². The lowest BCUT2D eigenvalue weighted by molar-refractivity contribution is -0.137. The summed E-state index contributed by atoms with van der Waals surface area (Å²) in [4.78, 5) is 20.4. The zero-order valence-corrected chi connectivity index (χ0v) is 20.3. The van der Waals surface area contributed by atoms with E-state index in [0.717, 1.165) is 23.4 Å². The van der Waals surface area contributed by atoms with E-state index in [1.807, 2.05) is 37.3 Å². The third-order valence-corrected chi connectivity index (χ3v) is 6.84. The first kappa shape index (κ1) is 25.5. The van der Waals surface area contributed by atoms with E-state index in [9.17, 15) is 18.0 Å². The minimum Gasteiger partial charge on any atom is -0.375 e. The first-order chi connectivity index (χ1) is 17.2. The van der Waals surface area contributed by atoms with E-state index in [4.69, 9.17) is 0 Å². The predicted octanol–water partition coefficient (Wildman–Crippen LogP) is 5.95. The van der Waals surface area contributed by atoms with Crippen molar-refractivity contribution in [1.29, 1.82) is 0 Å². The zero-order valence-electron chi connectivity index (χ0n) is 20.3. The van der Waals surface area contributed by atoms with Gasteiger partial charge in [0.05, 0.1) is 11.3 Å². The number of pyridine rings is 1. The number of aromatic nitrogens is 1. The molecular formula is C29H30F3N3O. The number of piperidine rings is 1. The molecule has 0 spiro atoms. The molecule has 0 radical (unpaired) electrons. The van der Waals surface area contributed by atoms with Gasteiger partial charge in [-0.3, -0.25) is 9.78 Å². The quantitative estimate of drug-likeness (QED) is 0.443. The third-order valence-electron chi connectivity index (χ3n) is 6.84. The van der Waals surface area contributed by atoms with E-state index in [-0.39, 0.29) is 18.2 Å². The highest BCUT2D eigenvalue weighted by Crippen LogP contribution is 2.37. The van der Waals surface area contributed by atoms with Gasteiger partial charge < -0.3 is 10.2 Å². The Hall–Kier alpha value is -3.61. The van der Waals surface area contributed by atoms with Gasteiger partial charge in [-0.2, -0.15) is 13.2 Å². The number of nitrogens with zero attached hydrogens (tertiary/aromatic N) is 2. The summed E-state index contributed by atoms with van der Waals surface area (Å²) >= 11 is 0. The molecule has 4 rings (SSSR count). The Kier molecular flexibility index (Phi) is 7.48. The van der Waals surface area contributed by atoms with Gasteiger partial charge in [0.2, 0.25) is 5.91 Å². The summed E-state index contributed by atoms with van der Waals surface area (Å²) in [6.07, 6.45) is -1.38. The number of benzene rings is 2. The van der Waals surface area contributed by atoms with Crippen LogP contribution in [0.1, 0.15) is 42.1 Å². The van der Waals surface area contributed by atoms with Crippen LogP contribution >= 0.6 is 0 Å². The van der Waals surface area contributed by atoms with Crippen molar-refractivity contribution >= 4 is 5.91 Å². The molecule has 1 aliphatic rings. The highest BCUT2D eigenvalue weighted by atomic mass is 19.4. The number of alkyl halides is 3. The van der Waals surface area contributed by atoms with Crippen LogP contribution in [0.3, 0.4) is 0 Å². The van der Waals surface area contributed by atoms with Crippen LogP contribution in [0.15, 0.2) is 91.3 Å². The summed E-state index contributed by atoms with van der Waals surface area (Å²) in [5, 5.41) is 3.19. The van der Waals surface area contributed by atoms with Crippen LogP contribution in [0.4, 0.5) is 13.2 Å². The SMILES string of the molecule is C=C(C)N1CCC(C(=O)NC(Cc2ccccc2)(c2cccc(C(F)(F)F)c2)c2ccccn2)CC1. The maximum atomic E-state index is 13.7. The van der Waals surface area contributed by atoms with E-state index >= 15 is 0 Å². The lowest BCUT2D eigenvalue weighted by atomic mass is 9.79. The number of hydrogen-bond acceptors (Lipinski definition) is 3. The van der Waals surface area contributed by atoms with Gasteiger partial charge in [-0.25, -0.2) is 0 Å². The average molecular weight is 494 g/mol. The molecule has 2 aromatic carbocycles. The van der Waals surface area contributed by atoms with Crippen molar-refractivity contribution < 1.29 is 18.0 Å². The molecule has 1 atom stereocenters. The van der Waals surface area contributed by atoms with Crippen molar-refractivity contribution in [2.75, 3.05) is 13.1 Å². The molecule has 1 fully saturated rings. The average Bonchev–Trinajstić information content (AvgIpc) is 2.89. The van der Waals surface area contributed by atoms with Gasteiger partial charge in [-0.1, -0.05) is 55.1 Å². The molecule has 1 unspecified atom stereocenters. The predicted molar refractivity (Wildman–Crippen MR) is 134 cm³/mol. The van der Waals surface area contributed by atoms with E-state index in [2.05, 4.69) is 21.8 Å². The van der Waals surface area contributed by atoms with Crippen molar-refractivity contribution in [3.8, 4) is 0 Å². The van der Waals surface area contributed by atoms with Gasteiger partial charge in [0.25, 0.3) is 0 Å². The number of amides is 1. The highest BCUT2D eigenvalue weighted by Gasteiger charge is 2.41. The second kappa shape index (κ2) is 10.6. The fraction of sp³-hybridized carbons (Fsp3) is 0.310. The van der Waals surface area contributed by atoms with Crippen LogP contribution in [0.5, 0.6) is 0 Å². The summed E-state index contributed by atoms with van der Waals surface area (Å²) in [5.74, 6) is -0.444. The minimum absolute atomic E-state index is 0.185. The molecular weight excluding hydrogens is 463 g/mol. The number of hydrogen-bond donors (Lipinski definition) is 1. The number of rotatable bonds is 7. The topological polar surface area (TPSA) is 45.2 Å². The molecule has 0 bridgehead atoms. The number of carbonyl (C=O) groups excluding carboxylic acids is 1. The van der Waals surface area contributed by atoms with Gasteiger partial charge >= 0.3 is 6.18 Å². The smallest absolute Gasteiger partial charge is 0.375 e. The van der Waals surface area contributed by atoms with E-state index in [1.54, 1.807) is 30.5 Å². The van der Waals surface area contributed by atoms with E-state index in [1.165, 1.54) is 6.07 Å². The van der Waals surface area contributed by atoms with Crippen molar-refractivity contribution in [1.82, 2.24) is 15.2 Å². The minimum atomic E-state index is -4.52. The van der Waals surface area contributed by atoms with E-state index < -0.39 is 17.3 Å². The number of nitrogens with one attached hydrogen (secondary N) is 1. The Balaban J connectivity index is 1.80. The molecule has 3 aromatic rings. The van der Waals surface area contributed by atoms with Crippen molar-refractivity contribution in [3.63, 3.8) is 0 Å². The van der Waals surface area contributed by atoms with Crippen LogP contribution in [0.2, 0.25) is 0 Å². The lowest BCUT2D eigenvalue weighted by Crippen LogP contribution is -2.52. The van der Waals surface area contributed by atoms with Crippen LogP contribution in [-0.4, -0.2) is 28.9 Å². The highest BCUT2D eigenvalue weighted by molar-refractivity contribution is 5.80. The summed E-state index contributed by atoms with van der Waals surface area (Å²) in [6, 6.07) is 19.9. The first-order valence-corrected chi connectivity index (χ1v) is 12.0. The Bertz CT molecular complexity index is 1190. The Morgan fingerprint density at radius 2 is 1.67 bits per heavy atom. The summed E-state index contributed by atoms with van der Waals surface area (Å²) < 4.78 is 41.2. The van der Waals surface area contributed by atoms with Gasteiger partial charge in [0.15, 0.2) is 0 Å². The van der Waals surface area contributed by atoms with Crippen LogP contribution in [0.25, 0.3) is 0 Å². The molecule has 36 heavy (non-hydrogen) atoms. The monoisotopic (exact) mass is 493 g/mol. The van der Waals surface area contributed by atoms with Gasteiger partial charge in [-0.05, 0) is 55.2 Å². The molecule has 1 N–H and O–H groups in total. The Morgan fingerprint density at radius 3 is 2.28 bits per heavy atom. The fourth-order valence-corrected chi connectivity index (χ4v) is 4.83. The maximum absolute atomic E-state index is 13.7. The molecule has 7 heteroatoms. The molecule has 0 aliphatic carbocycles. The second-order valence-corrected chi connectivity index (χ2v) is 9.35. The summed E-state index contributed by atoms with van der Waals surface area (Å²) in [5.41, 5.74) is 0.612. The summed E-state index contributed by atoms with van der Waals surface area (Å²) in [6.45, 7) is 7.36. The number of allylic oxidation sites excluding steroid dienone is 1. The molecule has 2 heterocycles. The molecule has 1 aliphatic heterocycles. The Labute approximate surface area is 209 Å². The van der Waals surface area contributed by atoms with Crippen LogP contribution in [-0.2, 0) is 22.9 Å². The number of halogens is 3. The first-order valence-electron chi connectivity index (χ1n) is 12.0. The van der Waals surface area contributed by atoms with Crippen LogP contribution < -0.4 is 5.32 Å². The standard InChI is InChI=1S/C29H30F3N3O/c1-21(2)35-17-14-23(15-18-35)27(36)34-28(26-13-6-7-16-33-26,20-22-9-4-3-5-10-22)24-11-8-12-25(19-24)29(30,31)32/h3-13,16,19,23H,1,14-15,17-18,20H2,2H3,(H,34,36). The molecule has 4 nitrogen and oxygen atoms in total. The number of likely N-dealkylation sites (tertiary alicyclic amines) is 1. The second-order valence-electron chi connectivity index (χ2n) is 9.35. The molecule has 1 aromatic heterocycles. The van der Waals surface area contributed by atoms with Crippen molar-refractivity contribution in [2.24, 2.45) is 5.92 Å². The lowest BCUT2D eigenvalue weighted by Gasteiger charge is -2.39.